The molecule has 35 heavy (non-hydrogen) atoms. The van der Waals surface area contributed by atoms with E-state index >= 15 is 0 Å². The van der Waals surface area contributed by atoms with Gasteiger partial charge in [0.25, 0.3) is 5.56 Å². The molecule has 1 heterocycles. The highest BCUT2D eigenvalue weighted by Gasteiger charge is 2.31. The van der Waals surface area contributed by atoms with Crippen LogP contribution in [0, 0.1) is 3.57 Å². The third-order valence-corrected chi connectivity index (χ3v) is 6.23. The van der Waals surface area contributed by atoms with Crippen molar-refractivity contribution in [1.82, 2.24) is 9.66 Å². The van der Waals surface area contributed by atoms with E-state index in [1.54, 1.807) is 30.3 Å². The van der Waals surface area contributed by atoms with Gasteiger partial charge in [0.2, 0.25) is 0 Å². The van der Waals surface area contributed by atoms with Crippen molar-refractivity contribution in [3.8, 4) is 17.1 Å². The van der Waals surface area contributed by atoms with Gasteiger partial charge in [-0.1, -0.05) is 31.2 Å². The Labute approximate surface area is 213 Å². The van der Waals surface area contributed by atoms with E-state index in [-0.39, 0.29) is 17.5 Å². The lowest BCUT2D eigenvalue weighted by Crippen LogP contribution is -2.20. The maximum absolute atomic E-state index is 13.3. The summed E-state index contributed by atoms with van der Waals surface area (Å²) in [7, 11) is 0. The van der Waals surface area contributed by atoms with Gasteiger partial charge < -0.3 is 4.74 Å². The van der Waals surface area contributed by atoms with Gasteiger partial charge in [0.1, 0.15) is 5.75 Å². The predicted octanol–water partition coefficient (Wildman–Crippen LogP) is 6.75. The molecule has 0 spiro atoms. The molecule has 3 aromatic carbocycles. The molecule has 9 heteroatoms. The van der Waals surface area contributed by atoms with Crippen LogP contribution in [-0.2, 0) is 6.18 Å². The molecule has 0 N–H and O–H groups in total. The summed E-state index contributed by atoms with van der Waals surface area (Å²) in [5.41, 5.74) is -0.116. The zero-order chi connectivity index (χ0) is 25.2. The molecule has 0 aliphatic rings. The van der Waals surface area contributed by atoms with E-state index in [1.807, 2.05) is 26.0 Å². The summed E-state index contributed by atoms with van der Waals surface area (Å²) in [6.45, 7) is 4.02. The summed E-state index contributed by atoms with van der Waals surface area (Å²) in [6.07, 6.45) is -2.11. The summed E-state index contributed by atoms with van der Waals surface area (Å²) < 4.78 is 47.8. The Balaban J connectivity index is 1.82. The standard InChI is InChI=1S/C26H21F3IN3O2/c1-3-16(2)35-23-12-11-17(13-21(23)30)15-31-33-24(18-7-6-8-19(14-18)26(27,28)29)32-22-10-5-4-9-20(22)25(33)34/h4-16H,3H2,1-2H3/t16-/m1/s1. The lowest BCUT2D eigenvalue weighted by atomic mass is 10.1. The van der Waals surface area contributed by atoms with E-state index in [0.717, 1.165) is 32.5 Å². The third-order valence-electron chi connectivity index (χ3n) is 5.38. The fourth-order valence-corrected chi connectivity index (χ4v) is 4.04. The van der Waals surface area contributed by atoms with Crippen LogP contribution in [0.2, 0.25) is 0 Å². The first kappa shape index (κ1) is 24.9. The lowest BCUT2D eigenvalue weighted by Gasteiger charge is -2.14. The highest BCUT2D eigenvalue weighted by atomic mass is 127. The average molecular weight is 591 g/mol. The number of hydrogen-bond acceptors (Lipinski definition) is 4. The topological polar surface area (TPSA) is 56.5 Å². The van der Waals surface area contributed by atoms with Gasteiger partial charge in [0.15, 0.2) is 5.82 Å². The number of hydrogen-bond donors (Lipinski definition) is 0. The smallest absolute Gasteiger partial charge is 0.416 e. The second kappa shape index (κ2) is 10.2. The molecule has 0 bridgehead atoms. The van der Waals surface area contributed by atoms with Gasteiger partial charge in [-0.2, -0.15) is 22.9 Å². The van der Waals surface area contributed by atoms with Crippen LogP contribution in [-0.4, -0.2) is 22.0 Å². The van der Waals surface area contributed by atoms with E-state index in [4.69, 9.17) is 4.74 Å². The van der Waals surface area contributed by atoms with Crippen LogP contribution < -0.4 is 10.3 Å². The van der Waals surface area contributed by atoms with E-state index in [0.29, 0.717) is 16.5 Å². The molecule has 5 nitrogen and oxygen atoms in total. The quantitative estimate of drug-likeness (QED) is 0.184. The van der Waals surface area contributed by atoms with Crippen molar-refractivity contribution in [3.05, 3.63) is 91.8 Å². The van der Waals surface area contributed by atoms with E-state index < -0.39 is 17.3 Å². The molecule has 0 fully saturated rings. The fraction of sp³-hybridized carbons (Fsp3) is 0.192. The molecule has 180 valence electrons. The number of benzene rings is 3. The van der Waals surface area contributed by atoms with Gasteiger partial charge in [0, 0.05) is 5.56 Å². The van der Waals surface area contributed by atoms with Crippen molar-refractivity contribution < 1.29 is 17.9 Å². The first-order valence-electron chi connectivity index (χ1n) is 10.9. The van der Waals surface area contributed by atoms with Crippen LogP contribution in [0.15, 0.2) is 76.6 Å². The second-order valence-electron chi connectivity index (χ2n) is 7.92. The van der Waals surface area contributed by atoms with Gasteiger partial charge in [0.05, 0.1) is 32.4 Å². The third kappa shape index (κ3) is 5.55. The van der Waals surface area contributed by atoms with E-state index in [1.165, 1.54) is 18.3 Å². The van der Waals surface area contributed by atoms with Crippen molar-refractivity contribution in [3.63, 3.8) is 0 Å². The predicted molar refractivity (Wildman–Crippen MR) is 139 cm³/mol. The van der Waals surface area contributed by atoms with Crippen LogP contribution in [0.4, 0.5) is 13.2 Å². The maximum Gasteiger partial charge on any atom is 0.416 e. The minimum absolute atomic E-state index is 0.0162. The molecule has 0 aliphatic heterocycles. The van der Waals surface area contributed by atoms with E-state index in [9.17, 15) is 18.0 Å². The molecular formula is C26H21F3IN3O2. The zero-order valence-electron chi connectivity index (χ0n) is 18.9. The van der Waals surface area contributed by atoms with Crippen molar-refractivity contribution in [1.29, 1.82) is 0 Å². The second-order valence-corrected chi connectivity index (χ2v) is 9.08. The van der Waals surface area contributed by atoms with Crippen molar-refractivity contribution >= 4 is 39.7 Å². The van der Waals surface area contributed by atoms with Crippen molar-refractivity contribution in [2.24, 2.45) is 5.10 Å². The van der Waals surface area contributed by atoms with Crippen LogP contribution in [0.1, 0.15) is 31.4 Å². The Morgan fingerprint density at radius 2 is 1.89 bits per heavy atom. The highest BCUT2D eigenvalue weighted by Crippen LogP contribution is 2.32. The highest BCUT2D eigenvalue weighted by molar-refractivity contribution is 14.1. The van der Waals surface area contributed by atoms with Gasteiger partial charge in [-0.3, -0.25) is 4.79 Å². The SMILES string of the molecule is CC[C@@H](C)Oc1ccc(C=Nn2c(-c3cccc(C(F)(F)F)c3)nc3ccccc3c2=O)cc1I. The summed E-state index contributed by atoms with van der Waals surface area (Å²) in [6, 6.07) is 16.8. The van der Waals surface area contributed by atoms with Gasteiger partial charge in [-0.15, -0.1) is 0 Å². The molecule has 0 amide bonds. The van der Waals surface area contributed by atoms with Gasteiger partial charge in [-0.25, -0.2) is 4.98 Å². The van der Waals surface area contributed by atoms with Crippen molar-refractivity contribution in [2.75, 3.05) is 0 Å². The van der Waals surface area contributed by atoms with Crippen LogP contribution in [0.25, 0.3) is 22.3 Å². The molecule has 1 atom stereocenters. The first-order chi connectivity index (χ1) is 16.7. The molecule has 0 unspecified atom stereocenters. The minimum atomic E-state index is -4.53. The number of aromatic nitrogens is 2. The Morgan fingerprint density at radius 3 is 2.60 bits per heavy atom. The van der Waals surface area contributed by atoms with Crippen molar-refractivity contribution in [2.45, 2.75) is 32.5 Å². The maximum atomic E-state index is 13.3. The average Bonchev–Trinajstić information content (AvgIpc) is 2.84. The Bertz CT molecular complexity index is 1460. The Kier molecular flexibility index (Phi) is 7.25. The van der Waals surface area contributed by atoms with E-state index in [2.05, 4.69) is 32.7 Å². The lowest BCUT2D eigenvalue weighted by molar-refractivity contribution is -0.137. The monoisotopic (exact) mass is 591 g/mol. The number of fused-ring (bicyclic) bond motifs is 1. The summed E-state index contributed by atoms with van der Waals surface area (Å²) >= 11 is 2.16. The number of nitrogens with zero attached hydrogens (tertiary/aromatic N) is 3. The molecular weight excluding hydrogens is 570 g/mol. The minimum Gasteiger partial charge on any atom is -0.490 e. The Morgan fingerprint density at radius 1 is 1.11 bits per heavy atom. The molecule has 1 aromatic heterocycles. The summed E-state index contributed by atoms with van der Waals surface area (Å²) in [5.74, 6) is 0.758. The molecule has 0 saturated heterocycles. The normalized spacial score (nSPS) is 12.9. The zero-order valence-corrected chi connectivity index (χ0v) is 21.0. The number of para-hydroxylation sites is 1. The molecule has 0 radical (unpaired) electrons. The Hall–Kier alpha value is -3.21. The van der Waals surface area contributed by atoms with Gasteiger partial charge in [-0.05, 0) is 84.0 Å². The molecule has 0 saturated carbocycles. The molecule has 4 aromatic rings. The largest absolute Gasteiger partial charge is 0.490 e. The summed E-state index contributed by atoms with van der Waals surface area (Å²) in [5, 5.41) is 4.65. The first-order valence-corrected chi connectivity index (χ1v) is 11.9. The number of ether oxygens (including phenoxy) is 1. The van der Waals surface area contributed by atoms with Crippen LogP contribution in [0.5, 0.6) is 5.75 Å². The van der Waals surface area contributed by atoms with Gasteiger partial charge >= 0.3 is 6.18 Å². The van der Waals surface area contributed by atoms with Crippen LogP contribution in [0.3, 0.4) is 0 Å². The fourth-order valence-electron chi connectivity index (χ4n) is 3.37. The number of alkyl halides is 3. The number of rotatable bonds is 6. The molecule has 0 aliphatic carbocycles. The number of halogens is 4. The van der Waals surface area contributed by atoms with Crippen LogP contribution >= 0.6 is 22.6 Å². The summed E-state index contributed by atoms with van der Waals surface area (Å²) in [4.78, 5) is 17.7. The molecule has 4 rings (SSSR count).